The van der Waals surface area contributed by atoms with E-state index in [0.29, 0.717) is 0 Å². The van der Waals surface area contributed by atoms with Crippen molar-refractivity contribution in [2.45, 2.75) is 52.4 Å². The summed E-state index contributed by atoms with van der Waals surface area (Å²) >= 11 is 0. The van der Waals surface area contributed by atoms with Gasteiger partial charge in [0.25, 0.3) is 0 Å². The van der Waals surface area contributed by atoms with E-state index in [1.54, 1.807) is 0 Å². The minimum Gasteiger partial charge on any atom is -0.310 e. The molecule has 0 atom stereocenters. The summed E-state index contributed by atoms with van der Waals surface area (Å²) in [7, 11) is 0. The Balaban J connectivity index is 0.739. The number of fused-ring (bicyclic) bond motifs is 6. The fraction of sp³-hybridized carbons (Fsp3) is 0.0870. The number of rotatable bonds is 13. The second kappa shape index (κ2) is 23.4. The maximum absolute atomic E-state index is 2.46. The molecule has 0 saturated carbocycles. The highest BCUT2D eigenvalue weighted by Gasteiger charge is 2.47. The van der Waals surface area contributed by atoms with Crippen LogP contribution in [0, 0.1) is 41.5 Å². The third-order valence-electron chi connectivity index (χ3n) is 20.3. The first-order valence-corrected chi connectivity index (χ1v) is 33.0. The minimum atomic E-state index is -0.468. The summed E-state index contributed by atoms with van der Waals surface area (Å²) in [5.41, 5.74) is 35.9. The van der Waals surface area contributed by atoms with Crippen molar-refractivity contribution in [2.24, 2.45) is 0 Å². The number of hydrogen-bond donors (Lipinski definition) is 0. The zero-order valence-corrected chi connectivity index (χ0v) is 54.1. The molecule has 14 aromatic carbocycles. The number of benzene rings is 14. The summed E-state index contributed by atoms with van der Waals surface area (Å²) in [6, 6.07) is 122. The fourth-order valence-corrected chi connectivity index (χ4v) is 16.3. The van der Waals surface area contributed by atoms with E-state index in [4.69, 9.17) is 0 Å². The Morgan fingerprint density at radius 3 is 0.809 bits per heavy atom. The molecule has 0 amide bonds. The Morgan fingerprint density at radius 2 is 0.479 bits per heavy atom. The van der Waals surface area contributed by atoms with Crippen LogP contribution < -0.4 is 9.80 Å². The van der Waals surface area contributed by atoms with Gasteiger partial charge < -0.3 is 9.80 Å². The molecule has 0 fully saturated rings. The van der Waals surface area contributed by atoms with Crippen molar-refractivity contribution in [3.8, 4) is 55.6 Å². The molecule has 0 saturated heterocycles. The molecule has 14 aromatic rings. The Bertz CT molecular complexity index is 4730. The van der Waals surface area contributed by atoms with E-state index in [1.165, 1.54) is 134 Å². The maximum atomic E-state index is 2.46. The number of hydrogen-bond acceptors (Lipinski definition) is 2. The van der Waals surface area contributed by atoms with Crippen LogP contribution >= 0.6 is 0 Å². The topological polar surface area (TPSA) is 6.48 Å². The first kappa shape index (κ1) is 57.8. The van der Waals surface area contributed by atoms with Crippen LogP contribution in [0.5, 0.6) is 0 Å². The van der Waals surface area contributed by atoms with Gasteiger partial charge in [0.1, 0.15) is 0 Å². The summed E-state index contributed by atoms with van der Waals surface area (Å²) in [5, 5.41) is 0. The summed E-state index contributed by atoms with van der Waals surface area (Å²) in [6.45, 7) is 13.6. The molecule has 16 rings (SSSR count). The average Bonchev–Trinajstić information content (AvgIpc) is 1.54. The SMILES string of the molecule is Cc1ccccc1N(c1ccc(-c2ccc3c(c2)C(c2ccccc2)(c2ccccc2)c2ccccc2-3)cc1)c1cc(C)c(-c2c(C)cc(N(c3ccc(-c4ccc5c(c4)C(c4ccccc4)(c4ccccc4)c4ccccc4-5)cc3)c3ccccc3C)cc2C)c(C)c1. The van der Waals surface area contributed by atoms with Gasteiger partial charge in [-0.1, -0.05) is 255 Å². The van der Waals surface area contributed by atoms with Crippen molar-refractivity contribution in [2.75, 3.05) is 9.80 Å². The van der Waals surface area contributed by atoms with Crippen LogP contribution in [0.2, 0.25) is 0 Å². The molecule has 0 radical (unpaired) electrons. The van der Waals surface area contributed by atoms with E-state index >= 15 is 0 Å². The number of nitrogens with zero attached hydrogens (tertiary/aromatic N) is 2. The molecule has 0 bridgehead atoms. The molecule has 2 aliphatic rings. The van der Waals surface area contributed by atoms with Crippen molar-refractivity contribution >= 4 is 34.1 Å². The van der Waals surface area contributed by atoms with Gasteiger partial charge in [0.15, 0.2) is 0 Å². The van der Waals surface area contributed by atoms with Crippen molar-refractivity contribution in [3.05, 3.63) is 405 Å². The number of anilines is 6. The third kappa shape index (κ3) is 9.30. The van der Waals surface area contributed by atoms with Gasteiger partial charge in [-0.05, 0) is 248 Å². The molecule has 2 nitrogen and oxygen atoms in total. The molecule has 0 unspecified atom stereocenters. The Hall–Kier alpha value is -11.3. The van der Waals surface area contributed by atoms with Gasteiger partial charge in [0, 0.05) is 34.1 Å². The van der Waals surface area contributed by atoms with Gasteiger partial charge in [0.2, 0.25) is 0 Å². The quantitative estimate of drug-likeness (QED) is 0.114. The predicted octanol–water partition coefficient (Wildman–Crippen LogP) is 24.2. The zero-order valence-electron chi connectivity index (χ0n) is 54.1. The highest BCUT2D eigenvalue weighted by atomic mass is 15.1. The van der Waals surface area contributed by atoms with E-state index < -0.39 is 10.8 Å². The molecule has 2 heteroatoms. The normalized spacial score (nSPS) is 13.0. The van der Waals surface area contributed by atoms with Crippen LogP contribution in [-0.4, -0.2) is 0 Å². The highest BCUT2D eigenvalue weighted by Crippen LogP contribution is 2.59. The van der Waals surface area contributed by atoms with E-state index in [9.17, 15) is 0 Å². The molecule has 2 aliphatic carbocycles. The van der Waals surface area contributed by atoms with Crippen LogP contribution in [0.1, 0.15) is 77.9 Å². The lowest BCUT2D eigenvalue weighted by Crippen LogP contribution is -2.28. The van der Waals surface area contributed by atoms with Crippen molar-refractivity contribution in [1.29, 1.82) is 0 Å². The molecule has 0 aliphatic heterocycles. The first-order chi connectivity index (χ1) is 46.1. The average molecular weight is 1210 g/mol. The fourth-order valence-electron chi connectivity index (χ4n) is 16.3. The standard InChI is InChI=1S/C92H72N2/c1-61-27-19-25-41-87(61)93(75-49-43-67(44-50-75)69-47-53-81-79-37-21-23-39-83(79)91(85(81)59-69,71-29-11-7-12-30-71)72-31-13-8-14-32-72)77-55-63(3)89(64(4)56-77)90-65(5)57-78(58-66(90)6)94(88-42-26-20-28-62(88)2)76-51-45-68(46-52-76)70-48-54-82-80-38-22-24-40-84(80)92(86(82)60-70,73-33-15-9-16-34-73)74-35-17-10-18-36-74/h7-60H,1-6H3. The van der Waals surface area contributed by atoms with Gasteiger partial charge in [-0.2, -0.15) is 0 Å². The summed E-state index contributed by atoms with van der Waals surface area (Å²) in [6.07, 6.45) is 0. The highest BCUT2D eigenvalue weighted by molar-refractivity contribution is 5.92. The predicted molar refractivity (Wildman–Crippen MR) is 395 cm³/mol. The Morgan fingerprint density at radius 1 is 0.202 bits per heavy atom. The minimum absolute atomic E-state index is 0.468. The van der Waals surface area contributed by atoms with Gasteiger partial charge in [0.05, 0.1) is 10.8 Å². The molecule has 0 spiro atoms. The van der Waals surface area contributed by atoms with Crippen molar-refractivity contribution < 1.29 is 0 Å². The number of aryl methyl sites for hydroxylation is 6. The molecule has 0 N–H and O–H groups in total. The van der Waals surface area contributed by atoms with Crippen molar-refractivity contribution in [3.63, 3.8) is 0 Å². The lowest BCUT2D eigenvalue weighted by Gasteiger charge is -2.34. The smallest absolute Gasteiger partial charge is 0.0713 e. The van der Waals surface area contributed by atoms with Gasteiger partial charge in [-0.25, -0.2) is 0 Å². The van der Waals surface area contributed by atoms with Crippen LogP contribution in [0.25, 0.3) is 55.6 Å². The Labute approximate surface area is 554 Å². The van der Waals surface area contributed by atoms with Crippen LogP contribution in [0.15, 0.2) is 328 Å². The van der Waals surface area contributed by atoms with E-state index in [1.807, 2.05) is 0 Å². The monoisotopic (exact) mass is 1200 g/mol. The lowest BCUT2D eigenvalue weighted by atomic mass is 9.67. The Kier molecular flexibility index (Phi) is 14.4. The summed E-state index contributed by atoms with van der Waals surface area (Å²) in [4.78, 5) is 4.89. The second-order valence-corrected chi connectivity index (χ2v) is 25.8. The van der Waals surface area contributed by atoms with E-state index in [2.05, 4.69) is 379 Å². The second-order valence-electron chi connectivity index (χ2n) is 25.8. The van der Waals surface area contributed by atoms with Gasteiger partial charge in [-0.3, -0.25) is 0 Å². The molecular weight excluding hydrogens is 1130 g/mol. The molecule has 0 aromatic heterocycles. The van der Waals surface area contributed by atoms with E-state index in [-0.39, 0.29) is 0 Å². The van der Waals surface area contributed by atoms with Gasteiger partial charge in [-0.15, -0.1) is 0 Å². The largest absolute Gasteiger partial charge is 0.310 e. The summed E-state index contributed by atoms with van der Waals surface area (Å²) < 4.78 is 0. The van der Waals surface area contributed by atoms with Crippen molar-refractivity contribution in [1.82, 2.24) is 0 Å². The first-order valence-electron chi connectivity index (χ1n) is 33.0. The third-order valence-corrected chi connectivity index (χ3v) is 20.3. The van der Waals surface area contributed by atoms with Gasteiger partial charge >= 0.3 is 0 Å². The maximum Gasteiger partial charge on any atom is 0.0713 e. The molecule has 0 heterocycles. The molecular formula is C92H72N2. The van der Waals surface area contributed by atoms with Crippen LogP contribution in [-0.2, 0) is 10.8 Å². The molecule has 450 valence electrons. The van der Waals surface area contributed by atoms with E-state index in [0.717, 1.165) is 34.1 Å². The summed E-state index contributed by atoms with van der Waals surface area (Å²) in [5.74, 6) is 0. The van der Waals surface area contributed by atoms with Crippen LogP contribution in [0.3, 0.4) is 0 Å². The molecule has 94 heavy (non-hydrogen) atoms. The number of para-hydroxylation sites is 2. The van der Waals surface area contributed by atoms with Crippen LogP contribution in [0.4, 0.5) is 34.1 Å². The zero-order chi connectivity index (χ0) is 63.7. The lowest BCUT2D eigenvalue weighted by molar-refractivity contribution is 0.769.